The number of halogens is 1. The minimum absolute atomic E-state index is 0.0478. The molecule has 118 valence electrons. The zero-order chi connectivity index (χ0) is 15.1. The summed E-state index contributed by atoms with van der Waals surface area (Å²) in [5.74, 6) is 0.413. The first kappa shape index (κ1) is 16.8. The molecular weight excluding hydrogens is 286 g/mol. The highest BCUT2D eigenvalue weighted by molar-refractivity contribution is 6.30. The Kier molecular flexibility index (Phi) is 6.49. The zero-order valence-electron chi connectivity index (χ0n) is 12.8. The van der Waals surface area contributed by atoms with Crippen molar-refractivity contribution in [3.63, 3.8) is 0 Å². The predicted octanol–water partition coefficient (Wildman–Crippen LogP) is 3.34. The molecule has 1 heterocycles. The fourth-order valence-corrected chi connectivity index (χ4v) is 3.65. The largest absolute Gasteiger partial charge is 0.394 e. The second kappa shape index (κ2) is 8.14. The van der Waals surface area contributed by atoms with E-state index < -0.39 is 0 Å². The third-order valence-electron chi connectivity index (χ3n) is 4.34. The summed E-state index contributed by atoms with van der Waals surface area (Å²) in [5, 5.41) is 13.5. The van der Waals surface area contributed by atoms with Crippen molar-refractivity contribution < 1.29 is 9.84 Å². The minimum Gasteiger partial charge on any atom is -0.394 e. The molecule has 3 nitrogen and oxygen atoms in total. The van der Waals surface area contributed by atoms with Crippen molar-refractivity contribution in [2.75, 3.05) is 26.3 Å². The fourth-order valence-electron chi connectivity index (χ4n) is 3.46. The summed E-state index contributed by atoms with van der Waals surface area (Å²) in [6.07, 6.45) is 4.29. The van der Waals surface area contributed by atoms with Gasteiger partial charge in [0.15, 0.2) is 0 Å². The Morgan fingerprint density at radius 1 is 1.48 bits per heavy atom. The Balaban J connectivity index is 2.37. The maximum atomic E-state index is 9.23. The summed E-state index contributed by atoms with van der Waals surface area (Å²) >= 11 is 6.20. The number of benzene rings is 1. The van der Waals surface area contributed by atoms with E-state index in [0.717, 1.165) is 42.9 Å². The van der Waals surface area contributed by atoms with E-state index in [1.807, 2.05) is 18.2 Å². The predicted molar refractivity (Wildman–Crippen MR) is 86.7 cm³/mol. The van der Waals surface area contributed by atoms with E-state index >= 15 is 0 Å². The highest BCUT2D eigenvalue weighted by atomic mass is 35.5. The summed E-state index contributed by atoms with van der Waals surface area (Å²) in [6.45, 7) is 4.62. The van der Waals surface area contributed by atoms with Gasteiger partial charge < -0.3 is 15.2 Å². The Bertz CT molecular complexity index is 435. The van der Waals surface area contributed by atoms with Crippen molar-refractivity contribution in [1.29, 1.82) is 0 Å². The number of aliphatic hydroxyl groups excluding tert-OH is 1. The smallest absolute Gasteiger partial charge is 0.0972 e. The number of hydrogen-bond acceptors (Lipinski definition) is 3. The first-order valence-electron chi connectivity index (χ1n) is 7.94. The number of ether oxygens (including phenoxy) is 1. The molecule has 1 saturated heterocycles. The van der Waals surface area contributed by atoms with Crippen LogP contribution in [0.1, 0.15) is 38.2 Å². The molecule has 21 heavy (non-hydrogen) atoms. The lowest BCUT2D eigenvalue weighted by molar-refractivity contribution is -0.114. The molecule has 0 amide bonds. The van der Waals surface area contributed by atoms with Gasteiger partial charge in [-0.1, -0.05) is 37.1 Å². The van der Waals surface area contributed by atoms with Crippen LogP contribution in [-0.4, -0.2) is 31.4 Å². The third kappa shape index (κ3) is 3.98. The van der Waals surface area contributed by atoms with Crippen LogP contribution in [0, 0.1) is 5.92 Å². The summed E-state index contributed by atoms with van der Waals surface area (Å²) in [6, 6.07) is 8.00. The number of nitrogens with one attached hydrogen (secondary N) is 1. The number of rotatable bonds is 7. The van der Waals surface area contributed by atoms with E-state index in [4.69, 9.17) is 16.3 Å². The molecule has 2 N–H and O–H groups in total. The standard InChI is InChI=1S/C17H26ClNO2/c1-2-8-17(21-11-10-20,15-6-4-9-19-13-15)14-5-3-7-16(18)12-14/h3,5,7,12,15,19-20H,2,4,6,8-11,13H2,1H3/t15?,17-/m0/s1. The number of piperidine rings is 1. The summed E-state index contributed by atoms with van der Waals surface area (Å²) < 4.78 is 6.25. The molecule has 0 radical (unpaired) electrons. The van der Waals surface area contributed by atoms with Gasteiger partial charge in [-0.3, -0.25) is 0 Å². The van der Waals surface area contributed by atoms with E-state index in [9.17, 15) is 5.11 Å². The van der Waals surface area contributed by atoms with Crippen molar-refractivity contribution in [2.45, 2.75) is 38.2 Å². The molecule has 0 aliphatic carbocycles. The fraction of sp³-hybridized carbons (Fsp3) is 0.647. The van der Waals surface area contributed by atoms with Gasteiger partial charge >= 0.3 is 0 Å². The van der Waals surface area contributed by atoms with Crippen molar-refractivity contribution >= 4 is 11.6 Å². The average molecular weight is 312 g/mol. The van der Waals surface area contributed by atoms with Gasteiger partial charge in [-0.15, -0.1) is 0 Å². The van der Waals surface area contributed by atoms with E-state index in [0.29, 0.717) is 12.5 Å². The average Bonchev–Trinajstić information content (AvgIpc) is 2.52. The van der Waals surface area contributed by atoms with Crippen LogP contribution in [0.4, 0.5) is 0 Å². The van der Waals surface area contributed by atoms with Gasteiger partial charge in [-0.25, -0.2) is 0 Å². The highest BCUT2D eigenvalue weighted by Crippen LogP contribution is 2.42. The first-order valence-corrected chi connectivity index (χ1v) is 8.32. The van der Waals surface area contributed by atoms with Crippen LogP contribution in [0.15, 0.2) is 24.3 Å². The zero-order valence-corrected chi connectivity index (χ0v) is 13.5. The Morgan fingerprint density at radius 2 is 2.33 bits per heavy atom. The van der Waals surface area contributed by atoms with Crippen molar-refractivity contribution in [3.8, 4) is 0 Å². The maximum Gasteiger partial charge on any atom is 0.0972 e. The molecule has 1 aliphatic rings. The molecule has 0 saturated carbocycles. The quantitative estimate of drug-likeness (QED) is 0.811. The molecule has 2 rings (SSSR count). The lowest BCUT2D eigenvalue weighted by Crippen LogP contribution is -2.46. The van der Waals surface area contributed by atoms with E-state index in [1.54, 1.807) is 0 Å². The van der Waals surface area contributed by atoms with Crippen molar-refractivity contribution in [3.05, 3.63) is 34.9 Å². The maximum absolute atomic E-state index is 9.23. The molecular formula is C17H26ClNO2. The van der Waals surface area contributed by atoms with Gasteiger partial charge in [0, 0.05) is 17.5 Å². The van der Waals surface area contributed by atoms with Crippen LogP contribution in [0.5, 0.6) is 0 Å². The van der Waals surface area contributed by atoms with E-state index in [1.165, 1.54) is 6.42 Å². The monoisotopic (exact) mass is 311 g/mol. The van der Waals surface area contributed by atoms with Gasteiger partial charge in [-0.2, -0.15) is 0 Å². The topological polar surface area (TPSA) is 41.5 Å². The van der Waals surface area contributed by atoms with Gasteiger partial charge in [-0.05, 0) is 43.5 Å². The second-order valence-corrected chi connectivity index (χ2v) is 6.20. The SMILES string of the molecule is CCC[C@](OCCO)(c1cccc(Cl)c1)C1CCCNC1. The molecule has 0 aromatic heterocycles. The molecule has 4 heteroatoms. The van der Waals surface area contributed by atoms with Crippen LogP contribution in [0.25, 0.3) is 0 Å². The molecule has 1 fully saturated rings. The van der Waals surface area contributed by atoms with Gasteiger partial charge in [0.1, 0.15) is 0 Å². The summed E-state index contributed by atoms with van der Waals surface area (Å²) in [4.78, 5) is 0. The van der Waals surface area contributed by atoms with E-state index in [-0.39, 0.29) is 12.2 Å². The molecule has 1 aromatic carbocycles. The number of hydrogen-bond donors (Lipinski definition) is 2. The minimum atomic E-state index is -0.351. The third-order valence-corrected chi connectivity index (χ3v) is 4.58. The first-order chi connectivity index (χ1) is 10.2. The lowest BCUT2D eigenvalue weighted by atomic mass is 9.74. The lowest BCUT2D eigenvalue weighted by Gasteiger charge is -2.43. The highest BCUT2D eigenvalue weighted by Gasteiger charge is 2.41. The summed E-state index contributed by atoms with van der Waals surface area (Å²) in [5.41, 5.74) is 0.787. The van der Waals surface area contributed by atoms with E-state index in [2.05, 4.69) is 18.3 Å². The van der Waals surface area contributed by atoms with Crippen molar-refractivity contribution in [1.82, 2.24) is 5.32 Å². The summed E-state index contributed by atoms with van der Waals surface area (Å²) in [7, 11) is 0. The molecule has 1 unspecified atom stereocenters. The molecule has 1 aromatic rings. The number of aliphatic hydroxyl groups is 1. The molecule has 2 atom stereocenters. The van der Waals surface area contributed by atoms with Crippen molar-refractivity contribution in [2.24, 2.45) is 5.92 Å². The van der Waals surface area contributed by atoms with Gasteiger partial charge in [0.05, 0.1) is 18.8 Å². The molecule has 1 aliphatic heterocycles. The van der Waals surface area contributed by atoms with Crippen LogP contribution in [0.2, 0.25) is 5.02 Å². The van der Waals surface area contributed by atoms with Crippen LogP contribution >= 0.6 is 11.6 Å². The Morgan fingerprint density at radius 3 is 2.95 bits per heavy atom. The Hall–Kier alpha value is -0.610. The van der Waals surface area contributed by atoms with Crippen LogP contribution in [0.3, 0.4) is 0 Å². The van der Waals surface area contributed by atoms with Crippen LogP contribution in [-0.2, 0) is 10.3 Å². The van der Waals surface area contributed by atoms with Gasteiger partial charge in [0.25, 0.3) is 0 Å². The second-order valence-electron chi connectivity index (χ2n) is 5.77. The Labute approximate surface area is 132 Å². The normalized spacial score (nSPS) is 22.0. The molecule has 0 spiro atoms. The molecule has 0 bridgehead atoms. The van der Waals surface area contributed by atoms with Gasteiger partial charge in [0.2, 0.25) is 0 Å². The van der Waals surface area contributed by atoms with Crippen LogP contribution < -0.4 is 5.32 Å².